The first kappa shape index (κ1) is 21.7. The van der Waals surface area contributed by atoms with E-state index in [-0.39, 0.29) is 15.7 Å². The van der Waals surface area contributed by atoms with E-state index in [1.54, 1.807) is 32.0 Å². The molecule has 0 fully saturated rings. The van der Waals surface area contributed by atoms with Crippen LogP contribution in [-0.4, -0.2) is 34.4 Å². The van der Waals surface area contributed by atoms with Crippen molar-refractivity contribution in [2.45, 2.75) is 38.5 Å². The molecule has 0 atom stereocenters. The number of benzene rings is 1. The highest BCUT2D eigenvalue weighted by atomic mass is 32.2. The van der Waals surface area contributed by atoms with Crippen molar-refractivity contribution in [1.29, 1.82) is 0 Å². The number of hydrogen-bond donors (Lipinski definition) is 3. The molecule has 0 amide bonds. The lowest BCUT2D eigenvalue weighted by atomic mass is 10.2. The molecule has 0 spiro atoms. The Bertz CT molecular complexity index is 1150. The van der Waals surface area contributed by atoms with Gasteiger partial charge in [0.05, 0.1) is 10.6 Å². The van der Waals surface area contributed by atoms with Gasteiger partial charge < -0.3 is 10.4 Å². The lowest BCUT2D eigenvalue weighted by Crippen LogP contribution is -2.15. The second-order valence-corrected chi connectivity index (χ2v) is 9.26. The number of carboxylic acid groups (broad SMARTS) is 1. The van der Waals surface area contributed by atoms with Crippen molar-refractivity contribution in [2.24, 2.45) is 0 Å². The molecular formula is C19H21N5O4S2. The first-order valence-corrected chi connectivity index (χ1v) is 11.4. The maximum absolute atomic E-state index is 12.6. The second-order valence-electron chi connectivity index (χ2n) is 6.58. The zero-order chi connectivity index (χ0) is 21.9. The number of carbonyl (C=O) groups is 1. The van der Waals surface area contributed by atoms with Crippen LogP contribution in [0, 0.1) is 13.8 Å². The van der Waals surface area contributed by atoms with Gasteiger partial charge in [0.1, 0.15) is 4.88 Å². The quantitative estimate of drug-likeness (QED) is 0.475. The summed E-state index contributed by atoms with van der Waals surface area (Å²) in [5, 5.41) is 12.8. The lowest BCUT2D eigenvalue weighted by Gasteiger charge is -2.09. The highest BCUT2D eigenvalue weighted by Gasteiger charge is 2.18. The van der Waals surface area contributed by atoms with Crippen LogP contribution in [0.1, 0.15) is 40.1 Å². The number of rotatable bonds is 8. The van der Waals surface area contributed by atoms with Crippen molar-refractivity contribution in [2.75, 3.05) is 10.0 Å². The van der Waals surface area contributed by atoms with E-state index in [1.807, 2.05) is 6.92 Å². The molecule has 0 saturated heterocycles. The number of nitrogens with one attached hydrogen (secondary N) is 2. The van der Waals surface area contributed by atoms with Gasteiger partial charge in [0, 0.05) is 17.1 Å². The Hall–Kier alpha value is -3.05. The number of aromatic nitrogens is 3. The average molecular weight is 448 g/mol. The van der Waals surface area contributed by atoms with Crippen molar-refractivity contribution in [3.63, 3.8) is 0 Å². The van der Waals surface area contributed by atoms with Crippen LogP contribution in [0.2, 0.25) is 0 Å². The van der Waals surface area contributed by atoms with Crippen molar-refractivity contribution in [3.05, 3.63) is 52.3 Å². The van der Waals surface area contributed by atoms with Gasteiger partial charge in [-0.1, -0.05) is 24.7 Å². The molecule has 0 bridgehead atoms. The summed E-state index contributed by atoms with van der Waals surface area (Å²) >= 11 is 1.05. The van der Waals surface area contributed by atoms with Crippen molar-refractivity contribution in [1.82, 2.24) is 15.0 Å². The Balaban J connectivity index is 1.77. The van der Waals surface area contributed by atoms with Gasteiger partial charge in [-0.25, -0.2) is 32.9 Å². The van der Waals surface area contributed by atoms with E-state index in [0.717, 1.165) is 17.8 Å². The number of carboxylic acids is 1. The second kappa shape index (κ2) is 8.76. The molecule has 2 aromatic heterocycles. The minimum Gasteiger partial charge on any atom is -0.477 e. The lowest BCUT2D eigenvalue weighted by molar-refractivity contribution is 0.0700. The van der Waals surface area contributed by atoms with Crippen LogP contribution in [0.3, 0.4) is 0 Å². The fourth-order valence-electron chi connectivity index (χ4n) is 2.77. The fourth-order valence-corrected chi connectivity index (χ4v) is 4.58. The first-order valence-electron chi connectivity index (χ1n) is 9.13. The van der Waals surface area contributed by atoms with Crippen molar-refractivity contribution < 1.29 is 18.3 Å². The Morgan fingerprint density at radius 2 is 1.73 bits per heavy atom. The van der Waals surface area contributed by atoms with Gasteiger partial charge in [-0.15, -0.1) is 0 Å². The predicted octanol–water partition coefficient (Wildman–Crippen LogP) is 3.75. The molecule has 0 aliphatic rings. The van der Waals surface area contributed by atoms with Gasteiger partial charge in [0.25, 0.3) is 10.0 Å². The highest BCUT2D eigenvalue weighted by Crippen LogP contribution is 2.27. The predicted molar refractivity (Wildman–Crippen MR) is 115 cm³/mol. The maximum atomic E-state index is 12.6. The number of hydrogen-bond acceptors (Lipinski definition) is 8. The number of thiazole rings is 1. The van der Waals surface area contributed by atoms with Gasteiger partial charge in [0.15, 0.2) is 5.13 Å². The Labute approximate surface area is 178 Å². The molecule has 0 radical (unpaired) electrons. The number of aromatic carboxylic acids is 1. The number of sulfonamides is 1. The summed E-state index contributed by atoms with van der Waals surface area (Å²) < 4.78 is 27.6. The average Bonchev–Trinajstić information content (AvgIpc) is 3.04. The summed E-state index contributed by atoms with van der Waals surface area (Å²) in [6.45, 7) is 5.47. The summed E-state index contributed by atoms with van der Waals surface area (Å²) in [6, 6.07) is 7.78. The van der Waals surface area contributed by atoms with E-state index in [9.17, 15) is 18.3 Å². The largest absolute Gasteiger partial charge is 0.477 e. The van der Waals surface area contributed by atoms with Gasteiger partial charge >= 0.3 is 5.97 Å². The van der Waals surface area contributed by atoms with E-state index in [0.29, 0.717) is 34.3 Å². The molecule has 9 nitrogen and oxygen atoms in total. The Morgan fingerprint density at radius 3 is 2.30 bits per heavy atom. The summed E-state index contributed by atoms with van der Waals surface area (Å²) in [5.41, 5.74) is 2.44. The molecule has 30 heavy (non-hydrogen) atoms. The number of aryl methyl sites for hydroxylation is 3. The molecule has 1 aromatic carbocycles. The molecule has 3 rings (SSSR count). The van der Waals surface area contributed by atoms with Crippen LogP contribution in [-0.2, 0) is 16.4 Å². The third-order valence-corrected chi connectivity index (χ3v) is 6.35. The highest BCUT2D eigenvalue weighted by molar-refractivity contribution is 7.92. The van der Waals surface area contributed by atoms with Crippen LogP contribution < -0.4 is 10.0 Å². The van der Waals surface area contributed by atoms with Gasteiger partial charge in [0.2, 0.25) is 5.95 Å². The maximum Gasteiger partial charge on any atom is 0.347 e. The third-order valence-electron chi connectivity index (χ3n) is 4.00. The SMILES string of the molecule is CCCc1nc(Nc2ccc(S(=O)(=O)Nc3nc(C)cc(C)n3)cc2)sc1C(=O)O. The summed E-state index contributed by atoms with van der Waals surface area (Å²) in [6.07, 6.45) is 1.36. The van der Waals surface area contributed by atoms with Crippen molar-refractivity contribution >= 4 is 44.1 Å². The zero-order valence-corrected chi connectivity index (χ0v) is 18.3. The van der Waals surface area contributed by atoms with Crippen molar-refractivity contribution in [3.8, 4) is 0 Å². The standard InChI is InChI=1S/C19H21N5O4S2/c1-4-5-15-16(17(25)26)29-19(23-15)22-13-6-8-14(9-7-13)30(27,28)24-18-20-11(2)10-12(3)21-18/h6-10H,4-5H2,1-3H3,(H,22,23)(H,25,26)(H,20,21,24). The molecule has 3 aromatic rings. The molecule has 158 valence electrons. The summed E-state index contributed by atoms with van der Waals surface area (Å²) in [4.78, 5) is 24.1. The first-order chi connectivity index (χ1) is 14.2. The molecule has 0 aliphatic carbocycles. The van der Waals surface area contributed by atoms with Crippen LogP contribution in [0.15, 0.2) is 35.2 Å². The molecule has 0 unspecified atom stereocenters. The molecule has 11 heteroatoms. The van der Waals surface area contributed by atoms with Crippen LogP contribution in [0.25, 0.3) is 0 Å². The topological polar surface area (TPSA) is 134 Å². The van der Waals surface area contributed by atoms with E-state index in [1.165, 1.54) is 12.1 Å². The van der Waals surface area contributed by atoms with E-state index >= 15 is 0 Å². The zero-order valence-electron chi connectivity index (χ0n) is 16.6. The minimum atomic E-state index is -3.85. The minimum absolute atomic E-state index is 0.0159. The van der Waals surface area contributed by atoms with Crippen LogP contribution >= 0.6 is 11.3 Å². The summed E-state index contributed by atoms with van der Waals surface area (Å²) in [5.74, 6) is -0.993. The number of nitrogens with zero attached hydrogens (tertiary/aromatic N) is 3. The smallest absolute Gasteiger partial charge is 0.347 e. The molecule has 0 saturated carbocycles. The van der Waals surface area contributed by atoms with E-state index < -0.39 is 16.0 Å². The Kier molecular flexibility index (Phi) is 6.32. The summed E-state index contributed by atoms with van der Waals surface area (Å²) in [7, 11) is -3.85. The van der Waals surface area contributed by atoms with Gasteiger partial charge in [-0.3, -0.25) is 0 Å². The molecule has 3 N–H and O–H groups in total. The molecule has 0 aliphatic heterocycles. The van der Waals surface area contributed by atoms with E-state index in [4.69, 9.17) is 0 Å². The van der Waals surface area contributed by atoms with Crippen LogP contribution in [0.4, 0.5) is 16.8 Å². The monoisotopic (exact) mass is 447 g/mol. The van der Waals surface area contributed by atoms with Gasteiger partial charge in [-0.2, -0.15) is 0 Å². The molecular weight excluding hydrogens is 426 g/mol. The van der Waals surface area contributed by atoms with E-state index in [2.05, 4.69) is 25.0 Å². The fraction of sp³-hybridized carbons (Fsp3) is 0.263. The third kappa shape index (κ3) is 5.10. The van der Waals surface area contributed by atoms with Gasteiger partial charge in [-0.05, 0) is 50.6 Å². The Morgan fingerprint density at radius 1 is 1.10 bits per heavy atom. The normalized spacial score (nSPS) is 11.3. The molecule has 2 heterocycles. The number of anilines is 3. The van der Waals surface area contributed by atoms with Crippen LogP contribution in [0.5, 0.6) is 0 Å².